The number of carbonyl (C=O) groups is 2. The summed E-state index contributed by atoms with van der Waals surface area (Å²) >= 11 is 0. The third kappa shape index (κ3) is 5.60. The minimum Gasteiger partial charge on any atom is -0.497 e. The number of amides is 2. The fourth-order valence-corrected chi connectivity index (χ4v) is 6.21. The number of nitrogens with zero attached hydrogens (tertiary/aromatic N) is 2. The molecule has 13 heteroatoms. The van der Waals surface area contributed by atoms with Crippen LogP contribution in [0, 0.1) is 5.82 Å². The highest BCUT2D eigenvalue weighted by molar-refractivity contribution is 7.89. The summed E-state index contributed by atoms with van der Waals surface area (Å²) in [6.07, 6.45) is -0.301. The number of hydrogen-bond acceptors (Lipinski definition) is 7. The zero-order valence-electron chi connectivity index (χ0n) is 20.2. The minimum atomic E-state index is -4.28. The number of rotatable bonds is 9. The zero-order valence-corrected chi connectivity index (χ0v) is 21.8. The number of halogens is 1. The van der Waals surface area contributed by atoms with Crippen LogP contribution >= 0.6 is 0 Å². The van der Waals surface area contributed by atoms with Crippen LogP contribution in [-0.2, 0) is 36.1 Å². The van der Waals surface area contributed by atoms with Crippen molar-refractivity contribution >= 4 is 37.5 Å². The number of methoxy groups -OCH3 is 1. The van der Waals surface area contributed by atoms with Gasteiger partial charge in [0.25, 0.3) is 5.91 Å². The normalized spacial score (nSPS) is 16.3. The van der Waals surface area contributed by atoms with Crippen molar-refractivity contribution in [1.29, 1.82) is 0 Å². The summed E-state index contributed by atoms with van der Waals surface area (Å²) in [6.45, 7) is -0.190. The second kappa shape index (κ2) is 10.6. The number of nitrogens with two attached hydrogens (primary N) is 1. The monoisotopic (exact) mass is 561 g/mol. The molecule has 1 aliphatic rings. The standard InChI is InChI=1S/C25H24FN3O7S2/c1-36-20-8-12-22(13-9-20)38(34,35)28(15-14-17-2-10-21(11-3-17)37(27,32)33)23-16-24(30)29(25(23)31)19-6-4-18(26)5-7-19/h2-13,23H,14-16H2,1H3,(H2,27,32,33). The first kappa shape index (κ1) is 27.4. The van der Waals surface area contributed by atoms with E-state index in [1.54, 1.807) is 0 Å². The number of carbonyl (C=O) groups excluding carboxylic acids is 2. The molecule has 38 heavy (non-hydrogen) atoms. The van der Waals surface area contributed by atoms with Crippen LogP contribution in [0.15, 0.2) is 82.6 Å². The van der Waals surface area contributed by atoms with Crippen molar-refractivity contribution in [2.75, 3.05) is 18.6 Å². The van der Waals surface area contributed by atoms with Crippen LogP contribution in [0.4, 0.5) is 10.1 Å². The van der Waals surface area contributed by atoms with E-state index in [0.717, 1.165) is 21.3 Å². The molecule has 0 aromatic heterocycles. The molecule has 1 saturated heterocycles. The van der Waals surface area contributed by atoms with Crippen molar-refractivity contribution in [2.24, 2.45) is 5.14 Å². The van der Waals surface area contributed by atoms with Crippen LogP contribution in [0.5, 0.6) is 5.75 Å². The molecule has 2 amide bonds. The fourth-order valence-electron chi connectivity index (χ4n) is 4.11. The number of sulfonamides is 2. The third-order valence-corrected chi connectivity index (χ3v) is 8.95. The van der Waals surface area contributed by atoms with E-state index < -0.39 is 50.1 Å². The Kier molecular flexibility index (Phi) is 7.65. The van der Waals surface area contributed by atoms with Gasteiger partial charge < -0.3 is 4.74 Å². The first-order valence-electron chi connectivity index (χ1n) is 11.3. The molecule has 200 valence electrons. The van der Waals surface area contributed by atoms with Gasteiger partial charge in [-0.1, -0.05) is 12.1 Å². The highest BCUT2D eigenvalue weighted by Gasteiger charge is 2.46. The highest BCUT2D eigenvalue weighted by Crippen LogP contribution is 2.30. The van der Waals surface area contributed by atoms with Gasteiger partial charge in [-0.05, 0) is 72.6 Å². The average molecular weight is 562 g/mol. The quantitative estimate of drug-likeness (QED) is 0.394. The van der Waals surface area contributed by atoms with Crippen molar-refractivity contribution in [2.45, 2.75) is 28.7 Å². The van der Waals surface area contributed by atoms with Crippen molar-refractivity contribution < 1.29 is 35.6 Å². The second-order valence-electron chi connectivity index (χ2n) is 8.49. The molecule has 1 unspecified atom stereocenters. The molecule has 10 nitrogen and oxygen atoms in total. The summed E-state index contributed by atoms with van der Waals surface area (Å²) in [5.74, 6) is -1.51. The summed E-state index contributed by atoms with van der Waals surface area (Å²) in [7, 11) is -6.75. The topological polar surface area (TPSA) is 144 Å². The number of anilines is 1. The lowest BCUT2D eigenvalue weighted by Crippen LogP contribution is -2.46. The molecular formula is C25H24FN3O7S2. The highest BCUT2D eigenvalue weighted by atomic mass is 32.2. The Morgan fingerprint density at radius 3 is 2.05 bits per heavy atom. The number of ether oxygens (including phenoxy) is 1. The Balaban J connectivity index is 1.68. The lowest BCUT2D eigenvalue weighted by molar-refractivity contribution is -0.122. The molecule has 0 spiro atoms. The van der Waals surface area contributed by atoms with Crippen molar-refractivity contribution in [1.82, 2.24) is 4.31 Å². The van der Waals surface area contributed by atoms with Gasteiger partial charge in [0.2, 0.25) is 26.0 Å². The van der Waals surface area contributed by atoms with Gasteiger partial charge in [0.1, 0.15) is 17.6 Å². The maximum absolute atomic E-state index is 13.7. The SMILES string of the molecule is COc1ccc(S(=O)(=O)N(CCc2ccc(S(N)(=O)=O)cc2)C2CC(=O)N(c3ccc(F)cc3)C2=O)cc1. The second-order valence-corrected chi connectivity index (χ2v) is 11.9. The summed E-state index contributed by atoms with van der Waals surface area (Å²) in [4.78, 5) is 26.9. The molecule has 3 aromatic carbocycles. The summed E-state index contributed by atoms with van der Waals surface area (Å²) < 4.78 is 70.0. The van der Waals surface area contributed by atoms with Gasteiger partial charge in [-0.3, -0.25) is 9.59 Å². The first-order chi connectivity index (χ1) is 17.9. The molecular weight excluding hydrogens is 537 g/mol. The van der Waals surface area contributed by atoms with Gasteiger partial charge in [-0.2, -0.15) is 4.31 Å². The smallest absolute Gasteiger partial charge is 0.252 e. The van der Waals surface area contributed by atoms with Gasteiger partial charge in [-0.15, -0.1) is 0 Å². The molecule has 4 rings (SSSR count). The van der Waals surface area contributed by atoms with E-state index in [4.69, 9.17) is 9.88 Å². The Labute approximate surface area is 219 Å². The van der Waals surface area contributed by atoms with E-state index >= 15 is 0 Å². The average Bonchev–Trinajstić information content (AvgIpc) is 3.17. The van der Waals surface area contributed by atoms with Crippen molar-refractivity contribution in [3.63, 3.8) is 0 Å². The van der Waals surface area contributed by atoms with Crippen LogP contribution in [0.3, 0.4) is 0 Å². The third-order valence-electron chi connectivity index (χ3n) is 6.09. The predicted octanol–water partition coefficient (Wildman–Crippen LogP) is 2.05. The van der Waals surface area contributed by atoms with Gasteiger partial charge in [0, 0.05) is 6.54 Å². The van der Waals surface area contributed by atoms with Crippen LogP contribution in [0.2, 0.25) is 0 Å². The van der Waals surface area contributed by atoms with Crippen molar-refractivity contribution in [3.05, 3.63) is 84.2 Å². The van der Waals surface area contributed by atoms with E-state index in [2.05, 4.69) is 0 Å². The Morgan fingerprint density at radius 1 is 0.921 bits per heavy atom. The largest absolute Gasteiger partial charge is 0.497 e. The molecule has 1 aliphatic heterocycles. The zero-order chi connectivity index (χ0) is 27.7. The van der Waals surface area contributed by atoms with Crippen LogP contribution in [-0.4, -0.2) is 52.7 Å². The van der Waals surface area contributed by atoms with Crippen LogP contribution in [0.25, 0.3) is 0 Å². The van der Waals surface area contributed by atoms with Gasteiger partial charge >= 0.3 is 0 Å². The Bertz CT molecular complexity index is 1560. The molecule has 1 fully saturated rings. The maximum atomic E-state index is 13.7. The van der Waals surface area contributed by atoms with Crippen LogP contribution < -0.4 is 14.8 Å². The molecule has 0 aliphatic carbocycles. The van der Waals surface area contributed by atoms with Gasteiger partial charge in [0.05, 0.1) is 29.0 Å². The van der Waals surface area contributed by atoms with E-state index in [1.807, 2.05) is 0 Å². The molecule has 2 N–H and O–H groups in total. The molecule has 0 saturated carbocycles. The maximum Gasteiger partial charge on any atom is 0.252 e. The lowest BCUT2D eigenvalue weighted by atomic mass is 10.1. The predicted molar refractivity (Wildman–Crippen MR) is 136 cm³/mol. The van der Waals surface area contributed by atoms with E-state index in [9.17, 15) is 30.8 Å². The summed E-state index contributed by atoms with van der Waals surface area (Å²) in [5, 5.41) is 5.13. The van der Waals surface area contributed by atoms with E-state index in [-0.39, 0.29) is 28.4 Å². The van der Waals surface area contributed by atoms with Crippen molar-refractivity contribution in [3.8, 4) is 5.75 Å². The van der Waals surface area contributed by atoms with Gasteiger partial charge in [0.15, 0.2) is 0 Å². The molecule has 1 heterocycles. The lowest BCUT2D eigenvalue weighted by Gasteiger charge is -2.27. The van der Waals surface area contributed by atoms with E-state index in [1.165, 1.54) is 67.8 Å². The summed E-state index contributed by atoms with van der Waals surface area (Å²) in [6, 6.07) is 14.6. The molecule has 1 atom stereocenters. The van der Waals surface area contributed by atoms with Gasteiger partial charge in [-0.25, -0.2) is 31.3 Å². The number of imide groups is 1. The van der Waals surface area contributed by atoms with Crippen LogP contribution in [0.1, 0.15) is 12.0 Å². The Morgan fingerprint density at radius 2 is 1.50 bits per heavy atom. The molecule has 3 aromatic rings. The number of primary sulfonamides is 1. The first-order valence-corrected chi connectivity index (χ1v) is 14.3. The number of benzene rings is 3. The summed E-state index contributed by atoms with van der Waals surface area (Å²) in [5.41, 5.74) is 0.712. The number of hydrogen-bond donors (Lipinski definition) is 1. The molecule has 0 radical (unpaired) electrons. The minimum absolute atomic E-state index is 0.101. The Hall–Kier alpha value is -3.65. The van der Waals surface area contributed by atoms with E-state index in [0.29, 0.717) is 11.3 Å². The molecule has 0 bridgehead atoms. The fraction of sp³-hybridized carbons (Fsp3) is 0.200.